The summed E-state index contributed by atoms with van der Waals surface area (Å²) in [5.74, 6) is 0.470. The van der Waals surface area contributed by atoms with E-state index in [1.807, 2.05) is 24.3 Å². The number of ether oxygens (including phenoxy) is 2. The van der Waals surface area contributed by atoms with Gasteiger partial charge in [0.2, 0.25) is 0 Å². The Labute approximate surface area is 121 Å². The van der Waals surface area contributed by atoms with Crippen LogP contribution < -0.4 is 10.5 Å². The van der Waals surface area contributed by atoms with Crippen molar-refractivity contribution >= 4 is 5.97 Å². The van der Waals surface area contributed by atoms with Gasteiger partial charge in [-0.2, -0.15) is 0 Å². The van der Waals surface area contributed by atoms with Gasteiger partial charge in [0.05, 0.1) is 13.7 Å². The minimum Gasteiger partial charge on any atom is -0.497 e. The van der Waals surface area contributed by atoms with Crippen LogP contribution in [0, 0.1) is 0 Å². The van der Waals surface area contributed by atoms with Crippen LogP contribution in [-0.4, -0.2) is 25.7 Å². The summed E-state index contributed by atoms with van der Waals surface area (Å²) in [4.78, 5) is 11.7. The molecule has 0 bridgehead atoms. The minimum absolute atomic E-state index is 0.322. The van der Waals surface area contributed by atoms with Gasteiger partial charge in [0, 0.05) is 0 Å². The third kappa shape index (κ3) is 6.06. The van der Waals surface area contributed by atoms with Crippen molar-refractivity contribution in [2.75, 3.05) is 13.7 Å². The molecule has 0 aliphatic heterocycles. The highest BCUT2D eigenvalue weighted by molar-refractivity contribution is 5.75. The van der Waals surface area contributed by atoms with E-state index in [0.29, 0.717) is 13.0 Å². The summed E-state index contributed by atoms with van der Waals surface area (Å²) >= 11 is 0. The lowest BCUT2D eigenvalue weighted by Gasteiger charge is -2.12. The predicted octanol–water partition coefficient (Wildman–Crippen LogP) is 2.69. The minimum atomic E-state index is -0.602. The number of hydrogen-bond donors (Lipinski definition) is 1. The van der Waals surface area contributed by atoms with Crippen LogP contribution in [0.1, 0.15) is 38.2 Å². The van der Waals surface area contributed by atoms with E-state index < -0.39 is 6.04 Å². The van der Waals surface area contributed by atoms with E-state index in [1.165, 1.54) is 12.8 Å². The zero-order valence-corrected chi connectivity index (χ0v) is 12.4. The Kier molecular flexibility index (Phi) is 7.73. The smallest absolute Gasteiger partial charge is 0.323 e. The van der Waals surface area contributed by atoms with Crippen molar-refractivity contribution in [3.63, 3.8) is 0 Å². The standard InChI is InChI=1S/C16H25NO3/c1-3-4-5-6-11-20-16(18)15(17)12-13-7-9-14(19-2)10-8-13/h7-10,15H,3-6,11-12,17H2,1-2H3/t15-/m0/s1. The van der Waals surface area contributed by atoms with Crippen molar-refractivity contribution in [2.24, 2.45) is 5.73 Å². The molecule has 0 aromatic heterocycles. The number of unbranched alkanes of at least 4 members (excludes halogenated alkanes) is 3. The van der Waals surface area contributed by atoms with Gasteiger partial charge in [0.15, 0.2) is 0 Å². The van der Waals surface area contributed by atoms with E-state index in [-0.39, 0.29) is 5.97 Å². The van der Waals surface area contributed by atoms with Gasteiger partial charge in [0.25, 0.3) is 0 Å². The molecule has 0 saturated heterocycles. The number of esters is 1. The molecule has 0 unspecified atom stereocenters. The lowest BCUT2D eigenvalue weighted by Crippen LogP contribution is -2.34. The van der Waals surface area contributed by atoms with Crippen LogP contribution in [0.5, 0.6) is 5.75 Å². The normalized spacial score (nSPS) is 11.9. The second-order valence-electron chi connectivity index (χ2n) is 4.89. The summed E-state index contributed by atoms with van der Waals surface area (Å²) < 4.78 is 10.3. The molecule has 0 radical (unpaired) electrons. The molecule has 20 heavy (non-hydrogen) atoms. The van der Waals surface area contributed by atoms with Gasteiger partial charge in [-0.1, -0.05) is 38.3 Å². The van der Waals surface area contributed by atoms with Gasteiger partial charge in [-0.05, 0) is 30.5 Å². The van der Waals surface area contributed by atoms with Crippen LogP contribution in [-0.2, 0) is 16.0 Å². The summed E-state index contributed by atoms with van der Waals surface area (Å²) in [5, 5.41) is 0. The number of hydrogen-bond acceptors (Lipinski definition) is 4. The van der Waals surface area contributed by atoms with Crippen LogP contribution in [0.3, 0.4) is 0 Å². The Hall–Kier alpha value is -1.55. The third-order valence-corrected chi connectivity index (χ3v) is 3.16. The molecule has 0 heterocycles. The fourth-order valence-electron chi connectivity index (χ4n) is 1.91. The number of carbonyl (C=O) groups is 1. The van der Waals surface area contributed by atoms with Crippen molar-refractivity contribution in [1.82, 2.24) is 0 Å². The topological polar surface area (TPSA) is 61.5 Å². The van der Waals surface area contributed by atoms with Gasteiger partial charge < -0.3 is 15.2 Å². The Morgan fingerprint density at radius 1 is 1.20 bits per heavy atom. The second kappa shape index (κ2) is 9.37. The summed E-state index contributed by atoms with van der Waals surface area (Å²) in [6.07, 6.45) is 4.84. The molecule has 0 aliphatic carbocycles. The van der Waals surface area contributed by atoms with Crippen LogP contribution >= 0.6 is 0 Å². The molecule has 4 nitrogen and oxygen atoms in total. The lowest BCUT2D eigenvalue weighted by molar-refractivity contribution is -0.145. The number of carbonyl (C=O) groups excluding carboxylic acids is 1. The highest BCUT2D eigenvalue weighted by Crippen LogP contribution is 2.12. The van der Waals surface area contributed by atoms with Crippen LogP contribution in [0.25, 0.3) is 0 Å². The molecule has 0 aliphatic rings. The number of benzene rings is 1. The molecule has 0 spiro atoms. The largest absolute Gasteiger partial charge is 0.497 e. The van der Waals surface area contributed by atoms with Gasteiger partial charge >= 0.3 is 5.97 Å². The predicted molar refractivity (Wildman–Crippen MR) is 79.8 cm³/mol. The van der Waals surface area contributed by atoms with Gasteiger partial charge in [-0.3, -0.25) is 4.79 Å². The molecule has 1 aromatic carbocycles. The molecule has 4 heteroatoms. The van der Waals surface area contributed by atoms with E-state index >= 15 is 0 Å². The maximum absolute atomic E-state index is 11.7. The average Bonchev–Trinajstić information content (AvgIpc) is 2.47. The first-order valence-corrected chi connectivity index (χ1v) is 7.22. The second-order valence-corrected chi connectivity index (χ2v) is 4.89. The molecule has 1 rings (SSSR count). The maximum Gasteiger partial charge on any atom is 0.323 e. The summed E-state index contributed by atoms with van der Waals surface area (Å²) in [5.41, 5.74) is 6.86. The first-order valence-electron chi connectivity index (χ1n) is 7.22. The zero-order valence-electron chi connectivity index (χ0n) is 12.4. The Balaban J connectivity index is 2.29. The van der Waals surface area contributed by atoms with E-state index in [4.69, 9.17) is 15.2 Å². The molecular weight excluding hydrogens is 254 g/mol. The van der Waals surface area contributed by atoms with E-state index in [9.17, 15) is 4.79 Å². The molecule has 0 fully saturated rings. The molecule has 2 N–H and O–H groups in total. The van der Waals surface area contributed by atoms with Crippen LogP contribution in [0.4, 0.5) is 0 Å². The third-order valence-electron chi connectivity index (χ3n) is 3.16. The van der Waals surface area contributed by atoms with Gasteiger partial charge in [-0.15, -0.1) is 0 Å². The van der Waals surface area contributed by atoms with E-state index in [2.05, 4.69) is 6.92 Å². The van der Waals surface area contributed by atoms with Crippen molar-refractivity contribution in [2.45, 2.75) is 45.1 Å². The lowest BCUT2D eigenvalue weighted by atomic mass is 10.1. The monoisotopic (exact) mass is 279 g/mol. The first kappa shape index (κ1) is 16.5. The summed E-state index contributed by atoms with van der Waals surface area (Å²) in [6.45, 7) is 2.62. The number of rotatable bonds is 9. The average molecular weight is 279 g/mol. The molecule has 0 amide bonds. The Morgan fingerprint density at radius 3 is 2.50 bits per heavy atom. The van der Waals surface area contributed by atoms with E-state index in [1.54, 1.807) is 7.11 Å². The molecular formula is C16H25NO3. The molecule has 112 valence electrons. The van der Waals surface area contributed by atoms with Crippen LogP contribution in [0.15, 0.2) is 24.3 Å². The quantitative estimate of drug-likeness (QED) is 0.557. The van der Waals surface area contributed by atoms with Crippen molar-refractivity contribution in [1.29, 1.82) is 0 Å². The van der Waals surface area contributed by atoms with Gasteiger partial charge in [-0.25, -0.2) is 0 Å². The highest BCUT2D eigenvalue weighted by atomic mass is 16.5. The Bertz CT molecular complexity index is 389. The maximum atomic E-state index is 11.7. The van der Waals surface area contributed by atoms with Crippen molar-refractivity contribution < 1.29 is 14.3 Å². The molecule has 1 atom stereocenters. The first-order chi connectivity index (χ1) is 9.67. The number of methoxy groups -OCH3 is 1. The number of nitrogens with two attached hydrogens (primary N) is 1. The fourth-order valence-corrected chi connectivity index (χ4v) is 1.91. The van der Waals surface area contributed by atoms with Crippen molar-refractivity contribution in [3.05, 3.63) is 29.8 Å². The SMILES string of the molecule is CCCCCCOC(=O)[C@@H](N)Cc1ccc(OC)cc1. The fraction of sp³-hybridized carbons (Fsp3) is 0.562. The molecule has 1 aromatic rings. The Morgan fingerprint density at radius 2 is 1.90 bits per heavy atom. The summed E-state index contributed by atoms with van der Waals surface area (Å²) in [6, 6.07) is 6.94. The van der Waals surface area contributed by atoms with E-state index in [0.717, 1.165) is 24.2 Å². The highest BCUT2D eigenvalue weighted by Gasteiger charge is 2.15. The van der Waals surface area contributed by atoms with Crippen molar-refractivity contribution in [3.8, 4) is 5.75 Å². The van der Waals surface area contributed by atoms with Crippen LogP contribution in [0.2, 0.25) is 0 Å². The summed E-state index contributed by atoms with van der Waals surface area (Å²) in [7, 11) is 1.62. The zero-order chi connectivity index (χ0) is 14.8. The molecule has 0 saturated carbocycles. The van der Waals surface area contributed by atoms with Gasteiger partial charge in [0.1, 0.15) is 11.8 Å².